The highest BCUT2D eigenvalue weighted by atomic mass is 79.9. The van der Waals surface area contributed by atoms with E-state index < -0.39 is 17.8 Å². The summed E-state index contributed by atoms with van der Waals surface area (Å²) in [6.07, 6.45) is 1.42. The molecule has 0 spiro atoms. The number of amides is 1. The van der Waals surface area contributed by atoms with E-state index in [-0.39, 0.29) is 12.2 Å². The highest BCUT2D eigenvalue weighted by molar-refractivity contribution is 9.10. The molecule has 0 atom stereocenters. The average molecular weight is 519 g/mol. The maximum Gasteiger partial charge on any atom is 0.344 e. The van der Waals surface area contributed by atoms with Gasteiger partial charge in [0.15, 0.2) is 0 Å². The quantitative estimate of drug-likeness (QED) is 0.194. The van der Waals surface area contributed by atoms with E-state index in [1.807, 2.05) is 6.07 Å². The van der Waals surface area contributed by atoms with E-state index in [9.17, 15) is 19.6 Å². The van der Waals surface area contributed by atoms with Crippen LogP contribution in [-0.2, 0) is 9.53 Å². The Hall–Kier alpha value is -4.22. The monoisotopic (exact) mass is 518 g/mol. The zero-order chi connectivity index (χ0) is 24.5. The first-order valence-electron chi connectivity index (χ1n) is 10.2. The Bertz CT molecular complexity index is 1280. The molecule has 0 aromatic heterocycles. The number of ether oxygens (including phenoxy) is 2. The minimum Gasteiger partial charge on any atom is -0.462 e. The molecule has 3 aromatic rings. The van der Waals surface area contributed by atoms with Crippen LogP contribution in [0.2, 0.25) is 0 Å². The number of benzene rings is 3. The molecule has 7 nitrogen and oxygen atoms in total. The number of nitrogens with one attached hydrogen (secondary N) is 1. The molecule has 0 heterocycles. The van der Waals surface area contributed by atoms with E-state index in [1.165, 1.54) is 18.2 Å². The van der Waals surface area contributed by atoms with Crippen LogP contribution in [0, 0.1) is 11.3 Å². The van der Waals surface area contributed by atoms with Crippen molar-refractivity contribution in [3.8, 4) is 11.8 Å². The number of nitrogens with zero attached hydrogens (tertiary/aromatic N) is 1. The number of esters is 2. The van der Waals surface area contributed by atoms with Crippen molar-refractivity contribution in [1.29, 1.82) is 5.26 Å². The van der Waals surface area contributed by atoms with Crippen molar-refractivity contribution >= 4 is 45.5 Å². The van der Waals surface area contributed by atoms with Crippen LogP contribution in [0.25, 0.3) is 6.08 Å². The van der Waals surface area contributed by atoms with Gasteiger partial charge in [0.2, 0.25) is 0 Å². The van der Waals surface area contributed by atoms with Crippen LogP contribution in [-0.4, -0.2) is 24.5 Å². The van der Waals surface area contributed by atoms with Crippen molar-refractivity contribution in [1.82, 2.24) is 0 Å². The molecule has 0 radical (unpaired) electrons. The molecular formula is C26H19BrN2O5. The maximum absolute atomic E-state index is 12.5. The molecule has 1 amide bonds. The van der Waals surface area contributed by atoms with Crippen LogP contribution >= 0.6 is 15.9 Å². The Labute approximate surface area is 204 Å². The van der Waals surface area contributed by atoms with Gasteiger partial charge in [-0.3, -0.25) is 4.79 Å². The van der Waals surface area contributed by atoms with Gasteiger partial charge in [0.25, 0.3) is 5.91 Å². The zero-order valence-corrected chi connectivity index (χ0v) is 19.7. The molecule has 0 fully saturated rings. The molecule has 3 rings (SSSR count). The number of nitriles is 1. The van der Waals surface area contributed by atoms with Crippen LogP contribution in [0.4, 0.5) is 5.69 Å². The predicted molar refractivity (Wildman–Crippen MR) is 130 cm³/mol. The fraction of sp³-hybridized carbons (Fsp3) is 0.0769. The van der Waals surface area contributed by atoms with Gasteiger partial charge in [-0.1, -0.05) is 24.3 Å². The number of halogens is 1. The SMILES string of the molecule is CCOC(=O)c1ccc(NC(=O)/C(C#N)=C/c2ccc(OC(=O)c3ccccc3Br)cc2)cc1. The number of anilines is 1. The fourth-order valence-electron chi connectivity index (χ4n) is 2.84. The van der Waals surface area contributed by atoms with E-state index in [0.717, 1.165) is 0 Å². The summed E-state index contributed by atoms with van der Waals surface area (Å²) in [5.41, 5.74) is 1.63. The summed E-state index contributed by atoms with van der Waals surface area (Å²) in [6.45, 7) is 1.98. The first-order chi connectivity index (χ1) is 16.4. The summed E-state index contributed by atoms with van der Waals surface area (Å²) in [5, 5.41) is 12.0. The first-order valence-corrected chi connectivity index (χ1v) is 11.0. The second-order valence-electron chi connectivity index (χ2n) is 6.86. The Kier molecular flexibility index (Phi) is 8.32. The lowest BCUT2D eigenvalue weighted by Crippen LogP contribution is -2.13. The lowest BCUT2D eigenvalue weighted by Gasteiger charge is -2.07. The molecule has 3 aromatic carbocycles. The molecule has 170 valence electrons. The van der Waals surface area contributed by atoms with Crippen LogP contribution in [0.1, 0.15) is 33.2 Å². The van der Waals surface area contributed by atoms with E-state index in [1.54, 1.807) is 67.6 Å². The molecule has 34 heavy (non-hydrogen) atoms. The van der Waals surface area contributed by atoms with E-state index in [0.29, 0.717) is 32.6 Å². The normalized spacial score (nSPS) is 10.7. The van der Waals surface area contributed by atoms with Crippen LogP contribution in [0.5, 0.6) is 5.75 Å². The average Bonchev–Trinajstić information content (AvgIpc) is 2.84. The Balaban J connectivity index is 1.66. The molecule has 0 unspecified atom stereocenters. The van der Waals surface area contributed by atoms with E-state index in [4.69, 9.17) is 9.47 Å². The van der Waals surface area contributed by atoms with Gasteiger partial charge in [-0.25, -0.2) is 9.59 Å². The van der Waals surface area contributed by atoms with Crippen molar-refractivity contribution in [2.24, 2.45) is 0 Å². The molecule has 0 saturated carbocycles. The van der Waals surface area contributed by atoms with Crippen molar-refractivity contribution < 1.29 is 23.9 Å². The summed E-state index contributed by atoms with van der Waals surface area (Å²) in [6, 6.07) is 21.3. The first kappa shape index (κ1) is 24.4. The van der Waals surface area contributed by atoms with Crippen molar-refractivity contribution in [2.75, 3.05) is 11.9 Å². The molecule has 0 aliphatic rings. The van der Waals surface area contributed by atoms with Gasteiger partial charge in [0.05, 0.1) is 17.7 Å². The van der Waals surface area contributed by atoms with Gasteiger partial charge < -0.3 is 14.8 Å². The summed E-state index contributed by atoms with van der Waals surface area (Å²) in [7, 11) is 0. The third kappa shape index (κ3) is 6.40. The summed E-state index contributed by atoms with van der Waals surface area (Å²) in [5.74, 6) is -1.25. The minimum atomic E-state index is -0.601. The summed E-state index contributed by atoms with van der Waals surface area (Å²) >= 11 is 3.31. The molecule has 0 saturated heterocycles. The highest BCUT2D eigenvalue weighted by Crippen LogP contribution is 2.20. The molecule has 1 N–H and O–H groups in total. The Morgan fingerprint density at radius 3 is 2.26 bits per heavy atom. The third-order valence-corrected chi connectivity index (χ3v) is 5.21. The van der Waals surface area contributed by atoms with Gasteiger partial charge in [-0.05, 0) is 83.0 Å². The van der Waals surface area contributed by atoms with Crippen LogP contribution in [0.15, 0.2) is 82.8 Å². The standard InChI is InChI=1S/C26H19BrN2O5/c1-2-33-25(31)18-9-11-20(12-10-18)29-24(30)19(16-28)15-17-7-13-21(14-8-17)34-26(32)22-5-3-4-6-23(22)27/h3-15H,2H2,1H3,(H,29,30)/b19-15+. The van der Waals surface area contributed by atoms with Crippen molar-refractivity contribution in [3.63, 3.8) is 0 Å². The van der Waals surface area contributed by atoms with Crippen molar-refractivity contribution in [3.05, 3.63) is 99.5 Å². The molecule has 0 bridgehead atoms. The summed E-state index contributed by atoms with van der Waals surface area (Å²) < 4.78 is 10.9. The topological polar surface area (TPSA) is 105 Å². The van der Waals surface area contributed by atoms with E-state index in [2.05, 4.69) is 21.2 Å². The van der Waals surface area contributed by atoms with Gasteiger partial charge in [0, 0.05) is 10.2 Å². The molecule has 8 heteroatoms. The minimum absolute atomic E-state index is 0.118. The fourth-order valence-corrected chi connectivity index (χ4v) is 3.29. The van der Waals surface area contributed by atoms with Crippen LogP contribution < -0.4 is 10.1 Å². The lowest BCUT2D eigenvalue weighted by molar-refractivity contribution is -0.112. The van der Waals surface area contributed by atoms with E-state index >= 15 is 0 Å². The Morgan fingerprint density at radius 2 is 1.65 bits per heavy atom. The summed E-state index contributed by atoms with van der Waals surface area (Å²) in [4.78, 5) is 36.5. The smallest absolute Gasteiger partial charge is 0.344 e. The molecular weight excluding hydrogens is 500 g/mol. The van der Waals surface area contributed by atoms with Gasteiger partial charge in [0.1, 0.15) is 17.4 Å². The maximum atomic E-state index is 12.5. The number of hydrogen-bond donors (Lipinski definition) is 1. The largest absolute Gasteiger partial charge is 0.462 e. The second kappa shape index (κ2) is 11.6. The number of rotatable bonds is 7. The number of hydrogen-bond acceptors (Lipinski definition) is 6. The number of carbonyl (C=O) groups is 3. The second-order valence-corrected chi connectivity index (χ2v) is 7.71. The van der Waals surface area contributed by atoms with Gasteiger partial charge in [-0.15, -0.1) is 0 Å². The molecule has 0 aliphatic carbocycles. The third-order valence-electron chi connectivity index (χ3n) is 4.51. The lowest BCUT2D eigenvalue weighted by atomic mass is 10.1. The molecule has 0 aliphatic heterocycles. The Morgan fingerprint density at radius 1 is 0.971 bits per heavy atom. The van der Waals surface area contributed by atoms with Gasteiger partial charge >= 0.3 is 11.9 Å². The zero-order valence-electron chi connectivity index (χ0n) is 18.1. The highest BCUT2D eigenvalue weighted by Gasteiger charge is 2.13. The van der Waals surface area contributed by atoms with Crippen molar-refractivity contribution in [2.45, 2.75) is 6.92 Å². The van der Waals surface area contributed by atoms with Crippen LogP contribution in [0.3, 0.4) is 0 Å². The number of carbonyl (C=O) groups excluding carboxylic acids is 3. The van der Waals surface area contributed by atoms with Gasteiger partial charge in [-0.2, -0.15) is 5.26 Å². The predicted octanol–water partition coefficient (Wildman–Crippen LogP) is 5.39.